The van der Waals surface area contributed by atoms with E-state index >= 15 is 0 Å². The molecule has 2 fully saturated rings. The first kappa shape index (κ1) is 17.7. The molecule has 25 heavy (non-hydrogen) atoms. The van der Waals surface area contributed by atoms with Gasteiger partial charge in [0, 0.05) is 24.5 Å². The van der Waals surface area contributed by atoms with Gasteiger partial charge in [-0.1, -0.05) is 13.0 Å². The van der Waals surface area contributed by atoms with Crippen LogP contribution in [0.2, 0.25) is 0 Å². The fourth-order valence-corrected chi connectivity index (χ4v) is 3.51. The molecule has 0 saturated heterocycles. The van der Waals surface area contributed by atoms with Crippen molar-refractivity contribution in [3.8, 4) is 0 Å². The third kappa shape index (κ3) is 4.69. The van der Waals surface area contributed by atoms with Crippen LogP contribution in [-0.4, -0.2) is 52.2 Å². The van der Waals surface area contributed by atoms with E-state index in [-0.39, 0.29) is 30.7 Å². The van der Waals surface area contributed by atoms with Crippen LogP contribution in [0.4, 0.5) is 4.79 Å². The summed E-state index contributed by atoms with van der Waals surface area (Å²) < 4.78 is 0. The minimum Gasteiger partial charge on any atom is -0.480 e. The van der Waals surface area contributed by atoms with Crippen LogP contribution in [0.15, 0.2) is 24.5 Å². The number of carboxylic acids is 1. The zero-order valence-corrected chi connectivity index (χ0v) is 14.5. The van der Waals surface area contributed by atoms with Crippen molar-refractivity contribution < 1.29 is 14.7 Å². The lowest BCUT2D eigenvalue weighted by Crippen LogP contribution is -2.56. The van der Waals surface area contributed by atoms with Crippen LogP contribution >= 0.6 is 0 Å². The van der Waals surface area contributed by atoms with E-state index in [2.05, 4.69) is 15.6 Å². The Morgan fingerprint density at radius 2 is 2.16 bits per heavy atom. The van der Waals surface area contributed by atoms with Gasteiger partial charge in [0.2, 0.25) is 0 Å². The van der Waals surface area contributed by atoms with Crippen molar-refractivity contribution in [3.63, 3.8) is 0 Å². The monoisotopic (exact) mass is 346 g/mol. The highest BCUT2D eigenvalue weighted by molar-refractivity contribution is 5.75. The number of aliphatic carboxylic acids is 1. The zero-order valence-electron chi connectivity index (χ0n) is 14.5. The van der Waals surface area contributed by atoms with Gasteiger partial charge in [0.05, 0.1) is 12.6 Å². The molecule has 3 N–H and O–H groups in total. The van der Waals surface area contributed by atoms with Gasteiger partial charge in [-0.05, 0) is 49.8 Å². The lowest BCUT2D eigenvalue weighted by molar-refractivity contribution is -0.139. The molecule has 2 saturated carbocycles. The minimum absolute atomic E-state index is 0.0173. The van der Waals surface area contributed by atoms with Gasteiger partial charge in [0.25, 0.3) is 0 Å². The molecule has 1 aromatic rings. The van der Waals surface area contributed by atoms with Crippen LogP contribution in [0.1, 0.15) is 44.2 Å². The fraction of sp³-hybridized carbons (Fsp3) is 0.611. The summed E-state index contributed by atoms with van der Waals surface area (Å²) in [5.41, 5.74) is 1.05. The predicted octanol–water partition coefficient (Wildman–Crippen LogP) is 1.77. The normalized spacial score (nSPS) is 23.6. The Morgan fingerprint density at radius 3 is 2.72 bits per heavy atom. The van der Waals surface area contributed by atoms with Crippen LogP contribution in [0, 0.1) is 5.92 Å². The van der Waals surface area contributed by atoms with Crippen LogP contribution < -0.4 is 10.6 Å². The van der Waals surface area contributed by atoms with Crippen LogP contribution in [-0.2, 0) is 4.79 Å². The molecule has 1 aromatic heterocycles. The SMILES string of the molecule is CCN(CC(=O)O)C1CC(NC(=O)NC(c2cccnc2)C2CC2)C1. The molecule has 0 aromatic carbocycles. The third-order valence-corrected chi connectivity index (χ3v) is 5.13. The first-order valence-electron chi connectivity index (χ1n) is 8.99. The average molecular weight is 346 g/mol. The molecule has 1 heterocycles. The van der Waals surface area contributed by atoms with E-state index < -0.39 is 5.97 Å². The lowest BCUT2D eigenvalue weighted by atomic mass is 9.85. The van der Waals surface area contributed by atoms with E-state index in [0.717, 1.165) is 31.2 Å². The highest BCUT2D eigenvalue weighted by Gasteiger charge is 2.37. The molecule has 3 rings (SSSR count). The quantitative estimate of drug-likeness (QED) is 0.667. The van der Waals surface area contributed by atoms with E-state index in [9.17, 15) is 9.59 Å². The van der Waals surface area contributed by atoms with Gasteiger partial charge in [0.1, 0.15) is 0 Å². The highest BCUT2D eigenvalue weighted by atomic mass is 16.4. The second kappa shape index (κ2) is 7.82. The van der Waals surface area contributed by atoms with E-state index in [4.69, 9.17) is 5.11 Å². The summed E-state index contributed by atoms with van der Waals surface area (Å²) in [5.74, 6) is -0.310. The molecule has 7 heteroatoms. The van der Waals surface area contributed by atoms with Crippen LogP contribution in [0.5, 0.6) is 0 Å². The summed E-state index contributed by atoms with van der Waals surface area (Å²) in [4.78, 5) is 29.3. The smallest absolute Gasteiger partial charge is 0.317 e. The maximum Gasteiger partial charge on any atom is 0.317 e. The number of rotatable bonds is 8. The first-order chi connectivity index (χ1) is 12.1. The van der Waals surface area contributed by atoms with Crippen molar-refractivity contribution in [1.29, 1.82) is 0 Å². The van der Waals surface area contributed by atoms with Gasteiger partial charge >= 0.3 is 12.0 Å². The van der Waals surface area contributed by atoms with E-state index in [0.29, 0.717) is 12.5 Å². The number of carboxylic acid groups (broad SMARTS) is 1. The maximum atomic E-state index is 12.3. The summed E-state index contributed by atoms with van der Waals surface area (Å²) >= 11 is 0. The Labute approximate surface area is 147 Å². The molecule has 2 aliphatic carbocycles. The molecule has 0 spiro atoms. The molecular weight excluding hydrogens is 320 g/mol. The Balaban J connectivity index is 1.46. The Hall–Kier alpha value is -2.15. The van der Waals surface area contributed by atoms with Crippen molar-refractivity contribution in [2.24, 2.45) is 5.92 Å². The number of hydrogen-bond donors (Lipinski definition) is 3. The topological polar surface area (TPSA) is 94.6 Å². The average Bonchev–Trinajstić information content (AvgIpc) is 3.39. The molecule has 136 valence electrons. The number of carbonyl (C=O) groups excluding carboxylic acids is 1. The van der Waals surface area contributed by atoms with Crippen molar-refractivity contribution >= 4 is 12.0 Å². The number of aromatic nitrogens is 1. The number of hydrogen-bond acceptors (Lipinski definition) is 4. The van der Waals surface area contributed by atoms with Gasteiger partial charge < -0.3 is 15.7 Å². The van der Waals surface area contributed by atoms with Crippen molar-refractivity contribution in [3.05, 3.63) is 30.1 Å². The van der Waals surface area contributed by atoms with Gasteiger partial charge in [-0.15, -0.1) is 0 Å². The molecule has 2 amide bonds. The standard InChI is InChI=1S/C18H26N4O3/c1-2-22(11-16(23)24)15-8-14(9-15)20-18(25)21-17(12-5-6-12)13-4-3-7-19-10-13/h3-4,7,10,12,14-15,17H,2,5-6,8-9,11H2,1H3,(H,23,24)(H2,20,21,25). The summed E-state index contributed by atoms with van der Waals surface area (Å²) in [5, 5.41) is 15.0. The molecular formula is C18H26N4O3. The first-order valence-corrected chi connectivity index (χ1v) is 8.99. The van der Waals surface area contributed by atoms with Crippen molar-refractivity contribution in [2.45, 2.75) is 50.7 Å². The second-order valence-corrected chi connectivity index (χ2v) is 7.00. The molecule has 1 atom stereocenters. The molecule has 1 unspecified atom stereocenters. The molecule has 2 aliphatic rings. The number of carbonyl (C=O) groups is 2. The number of amides is 2. The molecule has 7 nitrogen and oxygen atoms in total. The minimum atomic E-state index is -0.806. The number of likely N-dealkylation sites (N-methyl/N-ethyl adjacent to an activating group) is 1. The Kier molecular flexibility index (Phi) is 5.53. The maximum absolute atomic E-state index is 12.3. The molecule has 0 aliphatic heterocycles. The van der Waals surface area contributed by atoms with E-state index in [1.54, 1.807) is 6.20 Å². The van der Waals surface area contributed by atoms with Gasteiger partial charge in [-0.25, -0.2) is 4.79 Å². The zero-order chi connectivity index (χ0) is 17.8. The van der Waals surface area contributed by atoms with Crippen molar-refractivity contribution in [2.75, 3.05) is 13.1 Å². The summed E-state index contributed by atoms with van der Waals surface area (Å²) in [6.07, 6.45) is 7.41. The number of pyridine rings is 1. The van der Waals surface area contributed by atoms with Gasteiger partial charge in [0.15, 0.2) is 0 Å². The summed E-state index contributed by atoms with van der Waals surface area (Å²) in [7, 11) is 0. The summed E-state index contributed by atoms with van der Waals surface area (Å²) in [6, 6.07) is 4.11. The fourth-order valence-electron chi connectivity index (χ4n) is 3.51. The van der Waals surface area contributed by atoms with Gasteiger partial charge in [-0.2, -0.15) is 0 Å². The summed E-state index contributed by atoms with van der Waals surface area (Å²) in [6.45, 7) is 2.73. The van der Waals surface area contributed by atoms with E-state index in [1.807, 2.05) is 30.2 Å². The molecule has 0 bridgehead atoms. The largest absolute Gasteiger partial charge is 0.480 e. The van der Waals surface area contributed by atoms with E-state index in [1.165, 1.54) is 0 Å². The number of urea groups is 1. The molecule has 0 radical (unpaired) electrons. The van der Waals surface area contributed by atoms with Crippen molar-refractivity contribution in [1.82, 2.24) is 20.5 Å². The predicted molar refractivity (Wildman–Crippen MR) is 93.1 cm³/mol. The third-order valence-electron chi connectivity index (χ3n) is 5.13. The number of nitrogens with one attached hydrogen (secondary N) is 2. The lowest BCUT2D eigenvalue weighted by Gasteiger charge is -2.42. The van der Waals surface area contributed by atoms with Crippen LogP contribution in [0.25, 0.3) is 0 Å². The Morgan fingerprint density at radius 1 is 1.40 bits per heavy atom. The van der Waals surface area contributed by atoms with Gasteiger partial charge in [-0.3, -0.25) is 14.7 Å². The second-order valence-electron chi connectivity index (χ2n) is 7.00. The Bertz CT molecular complexity index is 600. The highest BCUT2D eigenvalue weighted by Crippen LogP contribution is 2.40. The van der Waals surface area contributed by atoms with Crippen LogP contribution in [0.3, 0.4) is 0 Å². The number of nitrogens with zero attached hydrogens (tertiary/aromatic N) is 2.